The molecule has 1 fully saturated rings. The number of halogens is 3. The van der Waals surface area contributed by atoms with Gasteiger partial charge in [-0.15, -0.1) is 0 Å². The maximum atomic E-state index is 12.7. The van der Waals surface area contributed by atoms with E-state index < -0.39 is 23.3 Å². The minimum Gasteiger partial charge on any atom is -0.481 e. The van der Waals surface area contributed by atoms with E-state index in [-0.39, 0.29) is 17.9 Å². The molecule has 2 N–H and O–H groups in total. The summed E-state index contributed by atoms with van der Waals surface area (Å²) < 4.78 is 39.0. The summed E-state index contributed by atoms with van der Waals surface area (Å²) in [6.07, 6.45) is -0.832. The molecule has 1 aliphatic rings. The second-order valence-corrected chi connectivity index (χ2v) is 5.07. The Morgan fingerprint density at radius 2 is 2.19 bits per heavy atom. The average Bonchev–Trinajstić information content (AvgIpc) is 3.05. The summed E-state index contributed by atoms with van der Waals surface area (Å²) in [6, 6.07) is 0.885. The van der Waals surface area contributed by atoms with Crippen LogP contribution in [-0.4, -0.2) is 32.2 Å². The highest BCUT2D eigenvalue weighted by Crippen LogP contribution is 2.45. The lowest BCUT2D eigenvalue weighted by molar-refractivity contribution is -0.143. The third-order valence-electron chi connectivity index (χ3n) is 3.58. The van der Waals surface area contributed by atoms with Crippen molar-refractivity contribution in [1.82, 2.24) is 14.6 Å². The van der Waals surface area contributed by atoms with Crippen LogP contribution >= 0.6 is 0 Å². The number of hydrogen-bond acceptors (Lipinski definition) is 4. The summed E-state index contributed by atoms with van der Waals surface area (Å²) in [7, 11) is 0. The molecule has 6 nitrogen and oxygen atoms in total. The van der Waals surface area contributed by atoms with Gasteiger partial charge in [0.2, 0.25) is 0 Å². The number of carboxylic acid groups (broad SMARTS) is 1. The van der Waals surface area contributed by atoms with Crippen molar-refractivity contribution in [1.29, 1.82) is 0 Å². The molecule has 2 heterocycles. The Kier molecular flexibility index (Phi) is 2.82. The van der Waals surface area contributed by atoms with Gasteiger partial charge in [-0.05, 0) is 12.8 Å². The molecule has 9 heteroatoms. The molecule has 0 spiro atoms. The van der Waals surface area contributed by atoms with Crippen molar-refractivity contribution in [2.75, 3.05) is 11.9 Å². The fourth-order valence-electron chi connectivity index (χ4n) is 2.07. The maximum absolute atomic E-state index is 12.7. The summed E-state index contributed by atoms with van der Waals surface area (Å²) in [4.78, 5) is 15.0. The molecule has 0 aromatic carbocycles. The van der Waals surface area contributed by atoms with Gasteiger partial charge >= 0.3 is 12.1 Å². The Hall–Kier alpha value is -2.32. The highest BCUT2D eigenvalue weighted by molar-refractivity contribution is 5.79. The van der Waals surface area contributed by atoms with E-state index in [9.17, 15) is 18.0 Å². The van der Waals surface area contributed by atoms with Crippen LogP contribution in [0.5, 0.6) is 0 Å². The molecule has 21 heavy (non-hydrogen) atoms. The van der Waals surface area contributed by atoms with Crippen molar-refractivity contribution in [3.05, 3.63) is 24.2 Å². The standard InChI is InChI=1S/C12H11F3N4O2/c13-12(14,15)8-5-7-9(16-3-4-19(7)18-8)17-6-11(1-2-11)10(20)21/h3-5H,1-2,6H2,(H,16,17)(H,20,21). The lowest BCUT2D eigenvalue weighted by Crippen LogP contribution is -2.24. The number of rotatable bonds is 4. The van der Waals surface area contributed by atoms with Crippen molar-refractivity contribution >= 4 is 17.3 Å². The first-order chi connectivity index (χ1) is 9.82. The van der Waals surface area contributed by atoms with Gasteiger partial charge in [0, 0.05) is 25.0 Å². The van der Waals surface area contributed by atoms with Gasteiger partial charge in [0.1, 0.15) is 5.52 Å². The van der Waals surface area contributed by atoms with Gasteiger partial charge in [0.05, 0.1) is 5.41 Å². The molecule has 0 amide bonds. The molecule has 0 atom stereocenters. The van der Waals surface area contributed by atoms with Gasteiger partial charge in [-0.2, -0.15) is 18.3 Å². The second kappa shape index (κ2) is 4.34. The molecule has 0 bridgehead atoms. The van der Waals surface area contributed by atoms with Crippen LogP contribution in [0, 0.1) is 5.41 Å². The SMILES string of the molecule is O=C(O)C1(CNc2nccn3nc(C(F)(F)F)cc23)CC1. The number of aliphatic carboxylic acids is 1. The second-order valence-electron chi connectivity index (χ2n) is 5.07. The molecule has 0 radical (unpaired) electrons. The first kappa shape index (κ1) is 13.7. The number of alkyl halides is 3. The van der Waals surface area contributed by atoms with E-state index in [0.717, 1.165) is 10.6 Å². The third kappa shape index (κ3) is 2.39. The van der Waals surface area contributed by atoms with Gasteiger partial charge in [-0.1, -0.05) is 0 Å². The van der Waals surface area contributed by atoms with Crippen LogP contribution in [0.3, 0.4) is 0 Å². The van der Waals surface area contributed by atoms with E-state index in [2.05, 4.69) is 15.4 Å². The van der Waals surface area contributed by atoms with Crippen LogP contribution < -0.4 is 5.32 Å². The van der Waals surface area contributed by atoms with E-state index in [0.29, 0.717) is 12.8 Å². The zero-order valence-corrected chi connectivity index (χ0v) is 10.7. The zero-order valence-electron chi connectivity index (χ0n) is 10.7. The highest BCUT2D eigenvalue weighted by atomic mass is 19.4. The third-order valence-corrected chi connectivity index (χ3v) is 3.58. The predicted octanol–water partition coefficient (Wildman–Crippen LogP) is 2.02. The van der Waals surface area contributed by atoms with E-state index in [4.69, 9.17) is 5.11 Å². The van der Waals surface area contributed by atoms with Crippen LogP contribution in [0.25, 0.3) is 5.52 Å². The minimum absolute atomic E-state index is 0.127. The Balaban J connectivity index is 1.89. The van der Waals surface area contributed by atoms with E-state index in [1.165, 1.54) is 12.4 Å². The Morgan fingerprint density at radius 1 is 1.48 bits per heavy atom. The Morgan fingerprint density at radius 3 is 2.76 bits per heavy atom. The zero-order chi connectivity index (χ0) is 15.3. The smallest absolute Gasteiger partial charge is 0.435 e. The Bertz CT molecular complexity index is 706. The number of carboxylic acids is 1. The molecule has 2 aromatic heterocycles. The van der Waals surface area contributed by atoms with E-state index in [1.54, 1.807) is 0 Å². The summed E-state index contributed by atoms with van der Waals surface area (Å²) >= 11 is 0. The fourth-order valence-corrected chi connectivity index (χ4v) is 2.07. The van der Waals surface area contributed by atoms with Crippen molar-refractivity contribution in [3.8, 4) is 0 Å². The van der Waals surface area contributed by atoms with Crippen LogP contribution in [0.4, 0.5) is 19.0 Å². The molecule has 1 saturated carbocycles. The normalized spacial score (nSPS) is 16.9. The number of fused-ring (bicyclic) bond motifs is 1. The monoisotopic (exact) mass is 300 g/mol. The minimum atomic E-state index is -4.54. The largest absolute Gasteiger partial charge is 0.481 e. The fraction of sp³-hybridized carbons (Fsp3) is 0.417. The summed E-state index contributed by atoms with van der Waals surface area (Å²) in [5, 5.41) is 15.3. The first-order valence-corrected chi connectivity index (χ1v) is 6.21. The predicted molar refractivity (Wildman–Crippen MR) is 65.8 cm³/mol. The van der Waals surface area contributed by atoms with Crippen LogP contribution in [-0.2, 0) is 11.0 Å². The quantitative estimate of drug-likeness (QED) is 0.903. The summed E-state index contributed by atoms with van der Waals surface area (Å²) in [5.41, 5.74) is -1.69. The van der Waals surface area contributed by atoms with Crippen molar-refractivity contribution in [2.45, 2.75) is 19.0 Å². The lowest BCUT2D eigenvalue weighted by Gasteiger charge is -2.12. The highest BCUT2D eigenvalue weighted by Gasteiger charge is 2.50. The Labute approximate surface area is 116 Å². The number of nitrogens with zero attached hydrogens (tertiary/aromatic N) is 3. The topological polar surface area (TPSA) is 79.5 Å². The molecule has 3 rings (SSSR count). The number of aromatic nitrogens is 3. The van der Waals surface area contributed by atoms with Gasteiger partial charge < -0.3 is 10.4 Å². The molecule has 0 unspecified atom stereocenters. The van der Waals surface area contributed by atoms with E-state index in [1.807, 2.05) is 0 Å². The van der Waals surface area contributed by atoms with Gasteiger partial charge in [-0.25, -0.2) is 9.50 Å². The molecule has 0 aliphatic heterocycles. The number of carbonyl (C=O) groups is 1. The first-order valence-electron chi connectivity index (χ1n) is 6.21. The maximum Gasteiger partial charge on any atom is 0.435 e. The number of anilines is 1. The number of nitrogens with one attached hydrogen (secondary N) is 1. The van der Waals surface area contributed by atoms with E-state index >= 15 is 0 Å². The summed E-state index contributed by atoms with van der Waals surface area (Å²) in [6.45, 7) is 0.127. The lowest BCUT2D eigenvalue weighted by atomic mass is 10.1. The van der Waals surface area contributed by atoms with Crippen LogP contribution in [0.1, 0.15) is 18.5 Å². The molecule has 112 valence electrons. The molecule has 1 aliphatic carbocycles. The van der Waals surface area contributed by atoms with Crippen LogP contribution in [0.2, 0.25) is 0 Å². The van der Waals surface area contributed by atoms with Gasteiger partial charge in [-0.3, -0.25) is 4.79 Å². The van der Waals surface area contributed by atoms with Crippen molar-refractivity contribution in [3.63, 3.8) is 0 Å². The molecular weight excluding hydrogens is 289 g/mol. The molecule has 2 aromatic rings. The summed E-state index contributed by atoms with van der Waals surface area (Å²) in [5.74, 6) is -0.723. The van der Waals surface area contributed by atoms with Gasteiger partial charge in [0.15, 0.2) is 11.5 Å². The average molecular weight is 300 g/mol. The molecular formula is C12H11F3N4O2. The van der Waals surface area contributed by atoms with Gasteiger partial charge in [0.25, 0.3) is 0 Å². The van der Waals surface area contributed by atoms with Crippen LogP contribution in [0.15, 0.2) is 18.5 Å². The molecule has 0 saturated heterocycles. The van der Waals surface area contributed by atoms with Crippen molar-refractivity contribution < 1.29 is 23.1 Å². The number of hydrogen-bond donors (Lipinski definition) is 2. The van der Waals surface area contributed by atoms with Crippen molar-refractivity contribution in [2.24, 2.45) is 5.41 Å².